The largest absolute Gasteiger partial charge is 0.286 e. The zero-order valence-corrected chi connectivity index (χ0v) is 8.44. The number of imidazole rings is 1. The van der Waals surface area contributed by atoms with Crippen molar-refractivity contribution in [2.75, 3.05) is 0 Å². The molecule has 0 aliphatic rings. The summed E-state index contributed by atoms with van der Waals surface area (Å²) in [6.07, 6.45) is 4.46. The Hall–Kier alpha value is -1.42. The molecule has 4 nitrogen and oxygen atoms in total. The van der Waals surface area contributed by atoms with E-state index in [1.807, 2.05) is 23.8 Å². The Morgan fingerprint density at radius 1 is 1.36 bits per heavy atom. The molecule has 0 fully saturated rings. The quantitative estimate of drug-likeness (QED) is 0.757. The first kappa shape index (κ1) is 9.15. The van der Waals surface area contributed by atoms with Gasteiger partial charge in [-0.05, 0) is 12.1 Å². The van der Waals surface area contributed by atoms with Gasteiger partial charge in [0.2, 0.25) is 0 Å². The zero-order valence-electron chi connectivity index (χ0n) is 7.68. The van der Waals surface area contributed by atoms with Gasteiger partial charge in [0.15, 0.2) is 11.0 Å². The first-order valence-corrected chi connectivity index (χ1v) is 4.71. The SMILES string of the molecule is CCc1nccn1-c1ccc(Cl)nn1. The Balaban J connectivity index is 2.44. The molecule has 2 rings (SSSR count). The number of nitrogens with zero attached hydrogens (tertiary/aromatic N) is 4. The summed E-state index contributed by atoms with van der Waals surface area (Å²) in [6.45, 7) is 2.04. The van der Waals surface area contributed by atoms with E-state index in [1.54, 1.807) is 12.3 Å². The van der Waals surface area contributed by atoms with Crippen LogP contribution in [0.4, 0.5) is 0 Å². The lowest BCUT2D eigenvalue weighted by atomic mass is 10.4. The van der Waals surface area contributed by atoms with Crippen molar-refractivity contribution in [3.05, 3.63) is 35.5 Å². The van der Waals surface area contributed by atoms with Crippen LogP contribution >= 0.6 is 11.6 Å². The second-order valence-electron chi connectivity index (χ2n) is 2.78. The summed E-state index contributed by atoms with van der Waals surface area (Å²) >= 11 is 5.65. The highest BCUT2D eigenvalue weighted by Gasteiger charge is 2.03. The first-order valence-electron chi connectivity index (χ1n) is 4.33. The van der Waals surface area contributed by atoms with Gasteiger partial charge in [-0.25, -0.2) is 4.98 Å². The number of aryl methyl sites for hydroxylation is 1. The van der Waals surface area contributed by atoms with E-state index in [9.17, 15) is 0 Å². The van der Waals surface area contributed by atoms with Crippen LogP contribution in [0.2, 0.25) is 5.15 Å². The van der Waals surface area contributed by atoms with Gasteiger partial charge >= 0.3 is 0 Å². The van der Waals surface area contributed by atoms with E-state index >= 15 is 0 Å². The van der Waals surface area contributed by atoms with Crippen LogP contribution in [0.3, 0.4) is 0 Å². The average Bonchev–Trinajstić information content (AvgIpc) is 2.67. The summed E-state index contributed by atoms with van der Waals surface area (Å²) in [5.41, 5.74) is 0. The highest BCUT2D eigenvalue weighted by Crippen LogP contribution is 2.09. The Labute approximate surface area is 86.6 Å². The van der Waals surface area contributed by atoms with Crippen molar-refractivity contribution in [2.45, 2.75) is 13.3 Å². The fraction of sp³-hybridized carbons (Fsp3) is 0.222. The first-order chi connectivity index (χ1) is 6.81. The maximum absolute atomic E-state index is 5.65. The van der Waals surface area contributed by atoms with Gasteiger partial charge in [-0.3, -0.25) is 4.57 Å². The topological polar surface area (TPSA) is 43.6 Å². The molecule has 0 radical (unpaired) electrons. The third-order valence-corrected chi connectivity index (χ3v) is 2.10. The van der Waals surface area contributed by atoms with Crippen LogP contribution in [-0.4, -0.2) is 19.7 Å². The van der Waals surface area contributed by atoms with Crippen molar-refractivity contribution in [3.8, 4) is 5.82 Å². The summed E-state index contributed by atoms with van der Waals surface area (Å²) in [5, 5.41) is 8.14. The Morgan fingerprint density at radius 3 is 2.86 bits per heavy atom. The van der Waals surface area contributed by atoms with E-state index < -0.39 is 0 Å². The molecule has 0 N–H and O–H groups in total. The molecule has 0 amide bonds. The van der Waals surface area contributed by atoms with E-state index in [-0.39, 0.29) is 0 Å². The molecular formula is C9H9ClN4. The highest BCUT2D eigenvalue weighted by atomic mass is 35.5. The van der Waals surface area contributed by atoms with E-state index in [4.69, 9.17) is 11.6 Å². The molecule has 0 unspecified atom stereocenters. The predicted molar refractivity (Wildman–Crippen MR) is 53.5 cm³/mol. The number of rotatable bonds is 2. The maximum Gasteiger partial charge on any atom is 0.160 e. The predicted octanol–water partition coefficient (Wildman–Crippen LogP) is 1.88. The van der Waals surface area contributed by atoms with Crippen molar-refractivity contribution in [1.29, 1.82) is 0 Å². The Morgan fingerprint density at radius 2 is 2.21 bits per heavy atom. The minimum absolute atomic E-state index is 0.395. The number of halogens is 1. The molecule has 0 saturated heterocycles. The molecule has 0 saturated carbocycles. The molecule has 72 valence electrons. The van der Waals surface area contributed by atoms with Crippen molar-refractivity contribution >= 4 is 11.6 Å². The van der Waals surface area contributed by atoms with Gasteiger partial charge in [0.25, 0.3) is 0 Å². The van der Waals surface area contributed by atoms with Crippen molar-refractivity contribution < 1.29 is 0 Å². The average molecular weight is 209 g/mol. The molecule has 14 heavy (non-hydrogen) atoms. The van der Waals surface area contributed by atoms with E-state index in [2.05, 4.69) is 15.2 Å². The second-order valence-corrected chi connectivity index (χ2v) is 3.17. The molecule has 0 atom stereocenters. The van der Waals surface area contributed by atoms with E-state index in [0.29, 0.717) is 5.15 Å². The van der Waals surface area contributed by atoms with Crippen molar-refractivity contribution in [2.24, 2.45) is 0 Å². The van der Waals surface area contributed by atoms with Crippen LogP contribution < -0.4 is 0 Å². The lowest BCUT2D eigenvalue weighted by Crippen LogP contribution is -2.02. The normalized spacial score (nSPS) is 10.4. The smallest absolute Gasteiger partial charge is 0.160 e. The fourth-order valence-electron chi connectivity index (χ4n) is 1.24. The van der Waals surface area contributed by atoms with Crippen LogP contribution in [0.5, 0.6) is 0 Å². The summed E-state index contributed by atoms with van der Waals surface area (Å²) in [7, 11) is 0. The van der Waals surface area contributed by atoms with Crippen molar-refractivity contribution in [3.63, 3.8) is 0 Å². The molecule has 2 aromatic rings. The monoisotopic (exact) mass is 208 g/mol. The van der Waals surface area contributed by atoms with Crippen LogP contribution in [0.1, 0.15) is 12.7 Å². The third kappa shape index (κ3) is 1.61. The minimum atomic E-state index is 0.395. The molecule has 2 aromatic heterocycles. The zero-order chi connectivity index (χ0) is 9.97. The third-order valence-electron chi connectivity index (χ3n) is 1.90. The summed E-state index contributed by atoms with van der Waals surface area (Å²) in [5.74, 6) is 1.70. The van der Waals surface area contributed by atoms with Gasteiger partial charge in [-0.1, -0.05) is 18.5 Å². The summed E-state index contributed by atoms with van der Waals surface area (Å²) in [6, 6.07) is 3.53. The Kier molecular flexibility index (Phi) is 2.45. The van der Waals surface area contributed by atoms with Crippen LogP contribution in [0.25, 0.3) is 5.82 Å². The maximum atomic E-state index is 5.65. The Bertz CT molecular complexity index is 421. The molecule has 0 aromatic carbocycles. The molecule has 0 aliphatic heterocycles. The molecular weight excluding hydrogens is 200 g/mol. The lowest BCUT2D eigenvalue weighted by molar-refractivity contribution is 0.839. The van der Waals surface area contributed by atoms with E-state index in [1.165, 1.54) is 0 Å². The number of aromatic nitrogens is 4. The second kappa shape index (κ2) is 3.75. The van der Waals surface area contributed by atoms with Crippen LogP contribution in [-0.2, 0) is 6.42 Å². The standard InChI is InChI=1S/C9H9ClN4/c1-2-8-11-5-6-14(8)9-4-3-7(10)12-13-9/h3-6H,2H2,1H3. The fourth-order valence-corrected chi connectivity index (χ4v) is 1.34. The summed E-state index contributed by atoms with van der Waals surface area (Å²) in [4.78, 5) is 4.20. The number of hydrogen-bond acceptors (Lipinski definition) is 3. The summed E-state index contributed by atoms with van der Waals surface area (Å²) < 4.78 is 1.89. The molecule has 0 spiro atoms. The van der Waals surface area contributed by atoms with Gasteiger partial charge in [0, 0.05) is 18.8 Å². The van der Waals surface area contributed by atoms with Gasteiger partial charge in [-0.2, -0.15) is 0 Å². The number of hydrogen-bond donors (Lipinski definition) is 0. The molecule has 2 heterocycles. The van der Waals surface area contributed by atoms with Gasteiger partial charge in [0.1, 0.15) is 5.82 Å². The van der Waals surface area contributed by atoms with Gasteiger partial charge < -0.3 is 0 Å². The van der Waals surface area contributed by atoms with E-state index in [0.717, 1.165) is 18.1 Å². The highest BCUT2D eigenvalue weighted by molar-refractivity contribution is 6.29. The van der Waals surface area contributed by atoms with Gasteiger partial charge in [-0.15, -0.1) is 10.2 Å². The van der Waals surface area contributed by atoms with Crippen molar-refractivity contribution in [1.82, 2.24) is 19.7 Å². The van der Waals surface area contributed by atoms with Crippen LogP contribution in [0, 0.1) is 0 Å². The minimum Gasteiger partial charge on any atom is -0.286 e. The molecule has 5 heteroatoms. The molecule has 0 bridgehead atoms. The van der Waals surface area contributed by atoms with Crippen LogP contribution in [0.15, 0.2) is 24.5 Å². The lowest BCUT2D eigenvalue weighted by Gasteiger charge is -2.03. The van der Waals surface area contributed by atoms with Gasteiger partial charge in [0.05, 0.1) is 0 Å². The molecule has 0 aliphatic carbocycles.